The van der Waals surface area contributed by atoms with Gasteiger partial charge in [-0.05, 0) is 72.5 Å². The maximum absolute atomic E-state index is 14.2. The standard InChI is InChI=1S/C34H31NO3/c1-21(2)35(22(3)4)33(36)28-19-18-24-14-8-10-16-26(24)30(28)31-27-17-11-9-15-25(27)20-29(32(31)34(37)38)23-12-6-5-7-13-23/h5-22H,1-4H3,(H,37,38). The largest absolute Gasteiger partial charge is 0.478 e. The molecule has 0 unspecified atom stereocenters. The maximum atomic E-state index is 14.2. The minimum Gasteiger partial charge on any atom is -0.478 e. The highest BCUT2D eigenvalue weighted by molar-refractivity contribution is 6.20. The van der Waals surface area contributed by atoms with Crippen molar-refractivity contribution in [2.24, 2.45) is 0 Å². The van der Waals surface area contributed by atoms with Crippen LogP contribution >= 0.6 is 0 Å². The number of aromatic carboxylic acids is 1. The van der Waals surface area contributed by atoms with Crippen LogP contribution in [0.4, 0.5) is 0 Å². The Morgan fingerprint density at radius 2 is 1.21 bits per heavy atom. The van der Waals surface area contributed by atoms with Crippen LogP contribution < -0.4 is 0 Å². The van der Waals surface area contributed by atoms with E-state index in [1.165, 1.54) is 0 Å². The second kappa shape index (κ2) is 10.1. The molecule has 0 aromatic heterocycles. The Balaban J connectivity index is 1.99. The Bertz CT molecular complexity index is 1660. The average Bonchev–Trinajstić information content (AvgIpc) is 2.91. The highest BCUT2D eigenvalue weighted by Gasteiger charge is 2.29. The second-order valence-corrected chi connectivity index (χ2v) is 10.2. The molecule has 0 aliphatic heterocycles. The number of fused-ring (bicyclic) bond motifs is 2. The number of hydrogen-bond acceptors (Lipinski definition) is 2. The summed E-state index contributed by atoms with van der Waals surface area (Å²) >= 11 is 0. The second-order valence-electron chi connectivity index (χ2n) is 10.2. The van der Waals surface area contributed by atoms with Gasteiger partial charge in [0.15, 0.2) is 0 Å². The predicted molar refractivity (Wildman–Crippen MR) is 156 cm³/mol. The molecule has 0 aliphatic carbocycles. The van der Waals surface area contributed by atoms with Gasteiger partial charge in [0.2, 0.25) is 0 Å². The smallest absolute Gasteiger partial charge is 0.336 e. The Kier molecular flexibility index (Phi) is 6.73. The molecule has 0 spiro atoms. The van der Waals surface area contributed by atoms with E-state index in [-0.39, 0.29) is 23.6 Å². The quantitative estimate of drug-likeness (QED) is 0.255. The first-order valence-corrected chi connectivity index (χ1v) is 13.0. The summed E-state index contributed by atoms with van der Waals surface area (Å²) in [4.78, 5) is 29.2. The van der Waals surface area contributed by atoms with Crippen LogP contribution in [-0.2, 0) is 0 Å². The number of benzene rings is 5. The molecule has 5 rings (SSSR count). The molecule has 0 radical (unpaired) electrons. The van der Waals surface area contributed by atoms with Gasteiger partial charge in [-0.1, -0.05) is 84.9 Å². The molecule has 5 aromatic carbocycles. The molecule has 38 heavy (non-hydrogen) atoms. The third-order valence-electron chi connectivity index (χ3n) is 7.10. The van der Waals surface area contributed by atoms with Crippen molar-refractivity contribution in [1.82, 2.24) is 4.90 Å². The van der Waals surface area contributed by atoms with E-state index in [9.17, 15) is 14.7 Å². The van der Waals surface area contributed by atoms with Crippen molar-refractivity contribution in [2.45, 2.75) is 39.8 Å². The molecule has 0 fully saturated rings. The van der Waals surface area contributed by atoms with Crippen molar-refractivity contribution < 1.29 is 14.7 Å². The summed E-state index contributed by atoms with van der Waals surface area (Å²) < 4.78 is 0. The van der Waals surface area contributed by atoms with Crippen molar-refractivity contribution >= 4 is 33.4 Å². The molecule has 1 amide bonds. The van der Waals surface area contributed by atoms with Crippen LogP contribution in [0.15, 0.2) is 97.1 Å². The molecular weight excluding hydrogens is 470 g/mol. The number of nitrogens with zero attached hydrogens (tertiary/aromatic N) is 1. The van der Waals surface area contributed by atoms with E-state index < -0.39 is 5.97 Å². The summed E-state index contributed by atoms with van der Waals surface area (Å²) in [6.45, 7) is 8.03. The van der Waals surface area contributed by atoms with Gasteiger partial charge >= 0.3 is 5.97 Å². The highest BCUT2D eigenvalue weighted by Crippen LogP contribution is 2.43. The minimum absolute atomic E-state index is 0.0202. The number of amides is 1. The van der Waals surface area contributed by atoms with E-state index in [2.05, 4.69) is 0 Å². The lowest BCUT2D eigenvalue weighted by Gasteiger charge is -2.32. The lowest BCUT2D eigenvalue weighted by molar-refractivity contribution is 0.0642. The van der Waals surface area contributed by atoms with Crippen molar-refractivity contribution in [3.05, 3.63) is 108 Å². The predicted octanol–water partition coefficient (Wildman–Crippen LogP) is 8.28. The van der Waals surface area contributed by atoms with E-state index in [4.69, 9.17) is 0 Å². The monoisotopic (exact) mass is 501 g/mol. The molecule has 4 nitrogen and oxygen atoms in total. The SMILES string of the molecule is CC(C)N(C(=O)c1ccc2ccccc2c1-c1c(C(=O)O)c(-c2ccccc2)cc2ccccc12)C(C)C. The van der Waals surface area contributed by atoms with Gasteiger partial charge in [0.25, 0.3) is 5.91 Å². The number of carboxylic acid groups (broad SMARTS) is 1. The van der Waals surface area contributed by atoms with Crippen LogP contribution in [-0.4, -0.2) is 34.0 Å². The average molecular weight is 502 g/mol. The van der Waals surface area contributed by atoms with Crippen molar-refractivity contribution in [3.8, 4) is 22.3 Å². The molecule has 0 aliphatic rings. The summed E-state index contributed by atoms with van der Waals surface area (Å²) in [6, 6.07) is 31.0. The summed E-state index contributed by atoms with van der Waals surface area (Å²) in [5, 5.41) is 14.2. The summed E-state index contributed by atoms with van der Waals surface area (Å²) in [5.74, 6) is -1.14. The maximum Gasteiger partial charge on any atom is 0.336 e. The fraction of sp³-hybridized carbons (Fsp3) is 0.176. The molecule has 0 saturated heterocycles. The zero-order chi connectivity index (χ0) is 27.0. The summed E-state index contributed by atoms with van der Waals surface area (Å²) in [7, 11) is 0. The van der Waals surface area contributed by atoms with E-state index >= 15 is 0 Å². The molecule has 0 heterocycles. The third-order valence-corrected chi connectivity index (χ3v) is 7.10. The van der Waals surface area contributed by atoms with Crippen molar-refractivity contribution in [3.63, 3.8) is 0 Å². The van der Waals surface area contributed by atoms with Crippen molar-refractivity contribution in [1.29, 1.82) is 0 Å². The number of rotatable bonds is 6. The summed E-state index contributed by atoms with van der Waals surface area (Å²) in [5.41, 5.74) is 3.37. The number of carbonyl (C=O) groups is 2. The fourth-order valence-corrected chi connectivity index (χ4v) is 5.60. The lowest BCUT2D eigenvalue weighted by Crippen LogP contribution is -2.42. The van der Waals surface area contributed by atoms with Crippen LogP contribution in [0.2, 0.25) is 0 Å². The summed E-state index contributed by atoms with van der Waals surface area (Å²) in [6.07, 6.45) is 0. The molecule has 0 bridgehead atoms. The van der Waals surface area contributed by atoms with Gasteiger partial charge in [-0.25, -0.2) is 4.79 Å². The number of carbonyl (C=O) groups excluding carboxylic acids is 1. The zero-order valence-corrected chi connectivity index (χ0v) is 22.1. The van der Waals surface area contributed by atoms with Crippen LogP contribution in [0.1, 0.15) is 48.4 Å². The molecule has 4 heteroatoms. The zero-order valence-electron chi connectivity index (χ0n) is 22.1. The van der Waals surface area contributed by atoms with Crippen LogP contribution in [0.25, 0.3) is 43.8 Å². The minimum atomic E-state index is -1.03. The van der Waals surface area contributed by atoms with Crippen LogP contribution in [0.5, 0.6) is 0 Å². The van der Waals surface area contributed by atoms with E-state index in [1.54, 1.807) is 0 Å². The molecule has 5 aromatic rings. The van der Waals surface area contributed by atoms with Crippen LogP contribution in [0, 0.1) is 0 Å². The van der Waals surface area contributed by atoms with Gasteiger partial charge in [-0.15, -0.1) is 0 Å². The first-order valence-electron chi connectivity index (χ1n) is 13.0. The third kappa shape index (κ3) is 4.32. The first-order chi connectivity index (χ1) is 18.3. The molecule has 190 valence electrons. The Morgan fingerprint density at radius 1 is 0.658 bits per heavy atom. The van der Waals surface area contributed by atoms with Gasteiger partial charge in [0.05, 0.1) is 5.56 Å². The Labute approximate surface area is 223 Å². The molecular formula is C34H31NO3. The van der Waals surface area contributed by atoms with Crippen LogP contribution in [0.3, 0.4) is 0 Å². The van der Waals surface area contributed by atoms with Gasteiger partial charge in [0, 0.05) is 28.8 Å². The highest BCUT2D eigenvalue weighted by atomic mass is 16.4. The first kappa shape index (κ1) is 25.2. The van der Waals surface area contributed by atoms with Gasteiger partial charge < -0.3 is 10.0 Å². The molecule has 0 saturated carbocycles. The van der Waals surface area contributed by atoms with E-state index in [0.29, 0.717) is 22.3 Å². The Morgan fingerprint density at radius 3 is 1.82 bits per heavy atom. The Hall–Kier alpha value is -4.44. The van der Waals surface area contributed by atoms with Gasteiger partial charge in [-0.2, -0.15) is 0 Å². The lowest BCUT2D eigenvalue weighted by atomic mass is 9.83. The molecule has 1 N–H and O–H groups in total. The number of hydrogen-bond donors (Lipinski definition) is 1. The van der Waals surface area contributed by atoms with Gasteiger partial charge in [-0.3, -0.25) is 4.79 Å². The molecule has 0 atom stereocenters. The van der Waals surface area contributed by atoms with E-state index in [1.807, 2.05) is 130 Å². The number of carboxylic acids is 1. The van der Waals surface area contributed by atoms with Crippen molar-refractivity contribution in [2.75, 3.05) is 0 Å². The topological polar surface area (TPSA) is 57.6 Å². The normalized spacial score (nSPS) is 11.4. The van der Waals surface area contributed by atoms with E-state index in [0.717, 1.165) is 27.1 Å². The van der Waals surface area contributed by atoms with Gasteiger partial charge in [0.1, 0.15) is 0 Å². The fourth-order valence-electron chi connectivity index (χ4n) is 5.60.